The number of amides is 1. The number of hydrogen-bond acceptors (Lipinski definition) is 5. The van der Waals surface area contributed by atoms with E-state index in [-0.39, 0.29) is 6.54 Å². The SMILES string of the molecule is COc1cc(OC)cc(Oc2ccc(CNCC(=O)NCC(F)(F)F)cc2)c1. The first-order chi connectivity index (χ1) is 13.3. The van der Waals surface area contributed by atoms with Crippen molar-refractivity contribution in [2.45, 2.75) is 12.7 Å². The Morgan fingerprint density at radius 2 is 1.50 bits per heavy atom. The van der Waals surface area contributed by atoms with Crippen LogP contribution in [-0.2, 0) is 11.3 Å². The minimum Gasteiger partial charge on any atom is -0.496 e. The van der Waals surface area contributed by atoms with Gasteiger partial charge in [-0.25, -0.2) is 0 Å². The van der Waals surface area contributed by atoms with E-state index in [1.807, 2.05) is 0 Å². The molecule has 2 aromatic carbocycles. The van der Waals surface area contributed by atoms with Crippen LogP contribution in [0.4, 0.5) is 13.2 Å². The van der Waals surface area contributed by atoms with Crippen LogP contribution in [0.25, 0.3) is 0 Å². The summed E-state index contributed by atoms with van der Waals surface area (Å²) >= 11 is 0. The van der Waals surface area contributed by atoms with Gasteiger partial charge in [-0.2, -0.15) is 13.2 Å². The third-order valence-electron chi connectivity index (χ3n) is 3.58. The monoisotopic (exact) mass is 398 g/mol. The molecule has 0 spiro atoms. The summed E-state index contributed by atoms with van der Waals surface area (Å²) in [5, 5.41) is 4.58. The second-order valence-electron chi connectivity index (χ2n) is 5.79. The van der Waals surface area contributed by atoms with E-state index in [1.165, 1.54) is 0 Å². The van der Waals surface area contributed by atoms with Crippen molar-refractivity contribution in [2.24, 2.45) is 0 Å². The first-order valence-electron chi connectivity index (χ1n) is 8.33. The normalized spacial score (nSPS) is 11.0. The highest BCUT2D eigenvalue weighted by Crippen LogP contribution is 2.30. The summed E-state index contributed by atoms with van der Waals surface area (Å²) < 4.78 is 52.2. The molecule has 6 nitrogen and oxygen atoms in total. The van der Waals surface area contributed by atoms with Crippen LogP contribution in [0.2, 0.25) is 0 Å². The Labute approximate surface area is 160 Å². The fourth-order valence-corrected chi connectivity index (χ4v) is 2.23. The van der Waals surface area contributed by atoms with Crippen LogP contribution in [0.3, 0.4) is 0 Å². The van der Waals surface area contributed by atoms with Crippen LogP contribution in [0.5, 0.6) is 23.0 Å². The molecule has 0 aromatic heterocycles. The minimum atomic E-state index is -4.42. The van der Waals surface area contributed by atoms with Crippen LogP contribution >= 0.6 is 0 Å². The standard InChI is InChI=1S/C19H21F3N2O4/c1-26-15-7-16(27-2)9-17(8-15)28-14-5-3-13(4-6-14)10-23-11-18(25)24-12-19(20,21)22/h3-9,23H,10-12H2,1-2H3,(H,24,25). The van der Waals surface area contributed by atoms with Gasteiger partial charge in [-0.15, -0.1) is 0 Å². The first-order valence-corrected chi connectivity index (χ1v) is 8.33. The smallest absolute Gasteiger partial charge is 0.405 e. The molecule has 1 amide bonds. The third kappa shape index (κ3) is 7.36. The van der Waals surface area contributed by atoms with Crippen molar-refractivity contribution in [3.63, 3.8) is 0 Å². The lowest BCUT2D eigenvalue weighted by Gasteiger charge is -2.11. The second-order valence-corrected chi connectivity index (χ2v) is 5.79. The van der Waals surface area contributed by atoms with Crippen molar-refractivity contribution in [3.8, 4) is 23.0 Å². The molecule has 2 rings (SSSR count). The van der Waals surface area contributed by atoms with E-state index < -0.39 is 18.6 Å². The van der Waals surface area contributed by atoms with Gasteiger partial charge < -0.3 is 24.8 Å². The number of nitrogens with one attached hydrogen (secondary N) is 2. The summed E-state index contributed by atoms with van der Waals surface area (Å²) in [4.78, 5) is 11.3. The molecule has 0 radical (unpaired) electrons. The van der Waals surface area contributed by atoms with E-state index in [9.17, 15) is 18.0 Å². The summed E-state index contributed by atoms with van der Waals surface area (Å²) in [5.41, 5.74) is 0.846. The molecule has 28 heavy (non-hydrogen) atoms. The second kappa shape index (κ2) is 9.84. The molecule has 0 aliphatic carbocycles. The lowest BCUT2D eigenvalue weighted by molar-refractivity contribution is -0.137. The van der Waals surface area contributed by atoms with Crippen molar-refractivity contribution in [1.82, 2.24) is 10.6 Å². The third-order valence-corrected chi connectivity index (χ3v) is 3.58. The molecular weight excluding hydrogens is 377 g/mol. The van der Waals surface area contributed by atoms with E-state index >= 15 is 0 Å². The van der Waals surface area contributed by atoms with Gasteiger partial charge in [0.2, 0.25) is 5.91 Å². The average molecular weight is 398 g/mol. The molecule has 9 heteroatoms. The van der Waals surface area contributed by atoms with E-state index in [2.05, 4.69) is 5.32 Å². The van der Waals surface area contributed by atoms with E-state index in [0.717, 1.165) is 5.56 Å². The number of rotatable bonds is 9. The summed E-state index contributed by atoms with van der Waals surface area (Å²) in [6.45, 7) is -1.22. The quantitative estimate of drug-likeness (QED) is 0.679. The van der Waals surface area contributed by atoms with Crippen molar-refractivity contribution in [1.29, 1.82) is 0 Å². The molecule has 0 fully saturated rings. The molecule has 0 aliphatic heterocycles. The molecule has 152 valence electrons. The van der Waals surface area contributed by atoms with E-state index in [4.69, 9.17) is 14.2 Å². The van der Waals surface area contributed by atoms with Crippen LogP contribution < -0.4 is 24.8 Å². The zero-order chi connectivity index (χ0) is 20.6. The van der Waals surface area contributed by atoms with Crippen molar-refractivity contribution in [2.75, 3.05) is 27.3 Å². The Hall–Kier alpha value is -2.94. The Morgan fingerprint density at radius 3 is 2.04 bits per heavy atom. The van der Waals surface area contributed by atoms with Crippen LogP contribution in [0, 0.1) is 0 Å². The van der Waals surface area contributed by atoms with Gasteiger partial charge >= 0.3 is 6.18 Å². The Kier molecular flexibility index (Phi) is 7.51. The number of benzene rings is 2. The zero-order valence-corrected chi connectivity index (χ0v) is 15.4. The lowest BCUT2D eigenvalue weighted by atomic mass is 10.2. The lowest BCUT2D eigenvalue weighted by Crippen LogP contribution is -2.39. The highest BCUT2D eigenvalue weighted by molar-refractivity contribution is 5.78. The highest BCUT2D eigenvalue weighted by Gasteiger charge is 2.27. The first kappa shape index (κ1) is 21.4. The van der Waals surface area contributed by atoms with Crippen molar-refractivity contribution >= 4 is 5.91 Å². The fraction of sp³-hybridized carbons (Fsp3) is 0.316. The zero-order valence-electron chi connectivity index (χ0n) is 15.4. The number of methoxy groups -OCH3 is 2. The molecule has 0 saturated carbocycles. The van der Waals surface area contributed by atoms with Gasteiger partial charge in [0.15, 0.2) is 0 Å². The van der Waals surface area contributed by atoms with Gasteiger partial charge in [-0.3, -0.25) is 4.79 Å². The van der Waals surface area contributed by atoms with E-state index in [0.29, 0.717) is 29.5 Å². The fourth-order valence-electron chi connectivity index (χ4n) is 2.23. The van der Waals surface area contributed by atoms with Gasteiger partial charge in [0.05, 0.1) is 20.8 Å². The maximum absolute atomic E-state index is 12.0. The summed E-state index contributed by atoms with van der Waals surface area (Å²) in [6.07, 6.45) is -4.42. The maximum Gasteiger partial charge on any atom is 0.405 e. The van der Waals surface area contributed by atoms with Crippen LogP contribution in [-0.4, -0.2) is 39.4 Å². The van der Waals surface area contributed by atoms with Gasteiger partial charge in [0.25, 0.3) is 0 Å². The molecular formula is C19H21F3N2O4. The molecule has 0 atom stereocenters. The Morgan fingerprint density at radius 1 is 0.929 bits per heavy atom. The van der Waals surface area contributed by atoms with Gasteiger partial charge in [-0.05, 0) is 17.7 Å². The molecule has 0 unspecified atom stereocenters. The topological polar surface area (TPSA) is 68.8 Å². The Balaban J connectivity index is 1.84. The number of alkyl halides is 3. The molecule has 2 aromatic rings. The van der Waals surface area contributed by atoms with Gasteiger partial charge in [-0.1, -0.05) is 12.1 Å². The number of carbonyl (C=O) groups excluding carboxylic acids is 1. The molecule has 0 bridgehead atoms. The molecule has 0 saturated heterocycles. The number of hydrogen-bond donors (Lipinski definition) is 2. The summed E-state index contributed by atoms with van der Waals surface area (Å²) in [5.74, 6) is 1.60. The highest BCUT2D eigenvalue weighted by atomic mass is 19.4. The number of ether oxygens (including phenoxy) is 3. The summed E-state index contributed by atoms with van der Waals surface area (Å²) in [7, 11) is 3.09. The van der Waals surface area contributed by atoms with E-state index in [1.54, 1.807) is 62.0 Å². The predicted molar refractivity (Wildman–Crippen MR) is 96.8 cm³/mol. The van der Waals surface area contributed by atoms with Crippen LogP contribution in [0.15, 0.2) is 42.5 Å². The molecule has 2 N–H and O–H groups in total. The van der Waals surface area contributed by atoms with Crippen LogP contribution in [0.1, 0.15) is 5.56 Å². The predicted octanol–water partition coefficient (Wildman–Crippen LogP) is 3.26. The van der Waals surface area contributed by atoms with Crippen molar-refractivity contribution in [3.05, 3.63) is 48.0 Å². The largest absolute Gasteiger partial charge is 0.496 e. The molecule has 0 aliphatic rings. The van der Waals surface area contributed by atoms with Gasteiger partial charge in [0.1, 0.15) is 29.5 Å². The van der Waals surface area contributed by atoms with Gasteiger partial charge in [0, 0.05) is 24.7 Å². The molecule has 0 heterocycles. The number of carbonyl (C=O) groups is 1. The average Bonchev–Trinajstić information content (AvgIpc) is 2.67. The summed E-state index contributed by atoms with van der Waals surface area (Å²) in [6, 6.07) is 12.2. The van der Waals surface area contributed by atoms with Crippen molar-refractivity contribution < 1.29 is 32.2 Å². The maximum atomic E-state index is 12.0. The number of halogens is 3. The minimum absolute atomic E-state index is 0.210. The Bertz CT molecular complexity index is 757.